The molecule has 184 valence electrons. The Balaban J connectivity index is 0.00000149. The Kier molecular flexibility index (Phi) is 8.23. The normalized spacial score (nSPS) is 17.9. The second-order valence-electron chi connectivity index (χ2n) is 8.48. The summed E-state index contributed by atoms with van der Waals surface area (Å²) in [5.74, 6) is 0.0625. The monoisotopic (exact) mass is 486 g/mol. The molecule has 4 rings (SSSR count). The van der Waals surface area contributed by atoms with Crippen molar-refractivity contribution in [3.8, 4) is 0 Å². The van der Waals surface area contributed by atoms with Gasteiger partial charge in [0.2, 0.25) is 5.91 Å². The minimum atomic E-state index is -4.30. The Bertz CT molecular complexity index is 931. The molecule has 0 radical (unpaired) electrons. The molecule has 10 heteroatoms. The lowest BCUT2D eigenvalue weighted by atomic mass is 9.85. The van der Waals surface area contributed by atoms with Crippen molar-refractivity contribution < 1.29 is 22.7 Å². The lowest BCUT2D eigenvalue weighted by Gasteiger charge is -2.43. The first kappa shape index (κ1) is 25.7. The Morgan fingerprint density at radius 3 is 2.61 bits per heavy atom. The molecule has 1 amide bonds. The van der Waals surface area contributed by atoms with Gasteiger partial charge in [0.1, 0.15) is 10.5 Å². The van der Waals surface area contributed by atoms with Crippen LogP contribution in [0, 0.1) is 0 Å². The molecule has 6 nitrogen and oxygen atoms in total. The van der Waals surface area contributed by atoms with Crippen molar-refractivity contribution in [3.05, 3.63) is 39.3 Å². The first-order valence-corrected chi connectivity index (χ1v) is 12.3. The first-order chi connectivity index (χ1) is 15.7. The first-order valence-electron chi connectivity index (χ1n) is 11.4. The van der Waals surface area contributed by atoms with Gasteiger partial charge in [-0.2, -0.15) is 18.3 Å². The summed E-state index contributed by atoms with van der Waals surface area (Å²) >= 11 is 0.853. The number of halogens is 3. The second-order valence-corrected chi connectivity index (χ2v) is 9.53. The topological polar surface area (TPSA) is 50.6 Å². The van der Waals surface area contributed by atoms with Crippen LogP contribution in [-0.4, -0.2) is 59.3 Å². The van der Waals surface area contributed by atoms with E-state index < -0.39 is 16.7 Å². The van der Waals surface area contributed by atoms with Crippen molar-refractivity contribution in [2.45, 2.75) is 64.4 Å². The van der Waals surface area contributed by atoms with E-state index in [1.807, 2.05) is 26.2 Å². The number of piperidine rings is 1. The zero-order valence-corrected chi connectivity index (χ0v) is 20.6. The van der Waals surface area contributed by atoms with Crippen LogP contribution in [0.2, 0.25) is 0 Å². The van der Waals surface area contributed by atoms with E-state index in [1.54, 1.807) is 23.7 Å². The van der Waals surface area contributed by atoms with Gasteiger partial charge in [-0.25, -0.2) is 0 Å². The Labute approximate surface area is 197 Å². The van der Waals surface area contributed by atoms with Gasteiger partial charge in [-0.15, -0.1) is 11.3 Å². The fourth-order valence-electron chi connectivity index (χ4n) is 4.31. The highest BCUT2D eigenvalue weighted by Gasteiger charge is 2.45. The highest BCUT2D eigenvalue weighted by molar-refractivity contribution is 7.12. The number of alkyl halides is 3. The number of thiophene rings is 1. The molecule has 2 aromatic heterocycles. The Morgan fingerprint density at radius 1 is 1.27 bits per heavy atom. The molecule has 0 N–H and O–H groups in total. The zero-order valence-electron chi connectivity index (χ0n) is 19.7. The molecular weight excluding hydrogens is 453 g/mol. The number of aromatic nitrogens is 2. The molecular formula is C23H33F3N4O2S. The van der Waals surface area contributed by atoms with E-state index >= 15 is 0 Å². The van der Waals surface area contributed by atoms with E-state index in [0.29, 0.717) is 38.8 Å². The van der Waals surface area contributed by atoms with Gasteiger partial charge in [0, 0.05) is 63.3 Å². The van der Waals surface area contributed by atoms with E-state index in [0.717, 1.165) is 47.0 Å². The zero-order chi connectivity index (χ0) is 24.2. The number of nitrogens with zero attached hydrogens (tertiary/aromatic N) is 4. The van der Waals surface area contributed by atoms with Gasteiger partial charge < -0.3 is 9.64 Å². The van der Waals surface area contributed by atoms with Crippen LogP contribution in [0.1, 0.15) is 54.0 Å². The number of carbonyl (C=O) groups is 1. The predicted molar refractivity (Wildman–Crippen MR) is 122 cm³/mol. The van der Waals surface area contributed by atoms with Crippen LogP contribution < -0.4 is 0 Å². The van der Waals surface area contributed by atoms with E-state index in [2.05, 4.69) is 10.00 Å². The number of rotatable bonds is 5. The van der Waals surface area contributed by atoms with Crippen LogP contribution in [0.25, 0.3) is 0 Å². The summed E-state index contributed by atoms with van der Waals surface area (Å²) in [5, 5.41) is 4.34. The average molecular weight is 487 g/mol. The Hall–Kier alpha value is -1.91. The molecule has 2 aliphatic rings. The molecule has 0 aromatic carbocycles. The van der Waals surface area contributed by atoms with Crippen LogP contribution in [0.3, 0.4) is 0 Å². The molecule has 0 saturated carbocycles. The SMILES string of the molecule is CC.CN(C)C(=O)CCn1cc(CN2CCC3(CC2)OCCc2cc(C(F)(F)F)sc23)cn1. The van der Waals surface area contributed by atoms with Gasteiger partial charge in [-0.3, -0.25) is 14.4 Å². The summed E-state index contributed by atoms with van der Waals surface area (Å²) in [4.78, 5) is 15.8. The van der Waals surface area contributed by atoms with E-state index in [4.69, 9.17) is 4.74 Å². The standard InChI is InChI=1S/C21H27F3N4O2S.C2H6/c1-26(2)18(29)3-7-28-14-15(12-25-28)13-27-8-5-20(6-9-27)19-16(4-10-30-20)11-17(31-19)21(22,23)24;1-2/h11-12,14H,3-10,13H2,1-2H3;1-2H3. The third kappa shape index (κ3) is 5.96. The second kappa shape index (κ2) is 10.6. The van der Waals surface area contributed by atoms with Gasteiger partial charge in [0.05, 0.1) is 12.8 Å². The third-order valence-corrected chi connectivity index (χ3v) is 7.47. The van der Waals surface area contributed by atoms with Crippen LogP contribution in [0.4, 0.5) is 13.2 Å². The van der Waals surface area contributed by atoms with Gasteiger partial charge in [-0.05, 0) is 30.9 Å². The maximum absolute atomic E-state index is 13.2. The number of fused-ring (bicyclic) bond motifs is 2. The van der Waals surface area contributed by atoms with Crippen molar-refractivity contribution in [3.63, 3.8) is 0 Å². The summed E-state index contributed by atoms with van der Waals surface area (Å²) in [6, 6.07) is 1.31. The number of carbonyl (C=O) groups excluding carboxylic acids is 1. The van der Waals surface area contributed by atoms with Crippen molar-refractivity contribution in [2.75, 3.05) is 33.8 Å². The summed E-state index contributed by atoms with van der Waals surface area (Å²) in [6.07, 6.45) is 1.78. The molecule has 1 spiro atoms. The van der Waals surface area contributed by atoms with Crippen molar-refractivity contribution in [1.29, 1.82) is 0 Å². The van der Waals surface area contributed by atoms with Gasteiger partial charge in [0.15, 0.2) is 0 Å². The van der Waals surface area contributed by atoms with Crippen molar-refractivity contribution >= 4 is 17.2 Å². The number of hydrogen-bond acceptors (Lipinski definition) is 5. The molecule has 4 heterocycles. The number of ether oxygens (including phenoxy) is 1. The molecule has 0 unspecified atom stereocenters. The summed E-state index contributed by atoms with van der Waals surface area (Å²) in [6.45, 7) is 7.24. The lowest BCUT2D eigenvalue weighted by molar-refractivity contribution is -0.134. The highest BCUT2D eigenvalue weighted by Crippen LogP contribution is 2.48. The minimum absolute atomic E-state index is 0.0625. The minimum Gasteiger partial charge on any atom is -0.369 e. The largest absolute Gasteiger partial charge is 0.425 e. The third-order valence-electron chi connectivity index (χ3n) is 6.06. The Morgan fingerprint density at radius 2 is 1.97 bits per heavy atom. The van der Waals surface area contributed by atoms with Gasteiger partial charge in [0.25, 0.3) is 0 Å². The maximum atomic E-state index is 13.2. The molecule has 0 atom stereocenters. The fourth-order valence-corrected chi connectivity index (χ4v) is 5.59. The smallest absolute Gasteiger partial charge is 0.369 e. The quantitative estimate of drug-likeness (QED) is 0.623. The van der Waals surface area contributed by atoms with Crippen LogP contribution >= 0.6 is 11.3 Å². The lowest BCUT2D eigenvalue weighted by Crippen LogP contribution is -2.45. The molecule has 33 heavy (non-hydrogen) atoms. The van der Waals surface area contributed by atoms with Crippen LogP contribution in [0.5, 0.6) is 0 Å². The molecule has 0 aliphatic carbocycles. The maximum Gasteiger partial charge on any atom is 0.425 e. The molecule has 2 aromatic rings. The molecule has 0 bridgehead atoms. The van der Waals surface area contributed by atoms with Crippen molar-refractivity contribution in [2.24, 2.45) is 0 Å². The number of aryl methyl sites for hydroxylation is 1. The number of amides is 1. The summed E-state index contributed by atoms with van der Waals surface area (Å²) in [5.41, 5.74) is 1.27. The van der Waals surface area contributed by atoms with Gasteiger partial charge >= 0.3 is 6.18 Å². The highest BCUT2D eigenvalue weighted by atomic mass is 32.1. The number of hydrogen-bond donors (Lipinski definition) is 0. The van der Waals surface area contributed by atoms with Gasteiger partial charge in [-0.1, -0.05) is 13.8 Å². The van der Waals surface area contributed by atoms with Crippen LogP contribution in [0.15, 0.2) is 18.5 Å². The van der Waals surface area contributed by atoms with E-state index in [-0.39, 0.29) is 5.91 Å². The van der Waals surface area contributed by atoms with E-state index in [9.17, 15) is 18.0 Å². The predicted octanol–water partition coefficient (Wildman–Crippen LogP) is 4.53. The molecule has 2 aliphatic heterocycles. The summed E-state index contributed by atoms with van der Waals surface area (Å²) < 4.78 is 47.5. The fraction of sp³-hybridized carbons (Fsp3) is 0.652. The van der Waals surface area contributed by atoms with Crippen molar-refractivity contribution in [1.82, 2.24) is 19.6 Å². The number of likely N-dealkylation sites (tertiary alicyclic amines) is 1. The average Bonchev–Trinajstić information content (AvgIpc) is 3.43. The molecule has 1 fully saturated rings. The molecule has 1 saturated heterocycles. The van der Waals surface area contributed by atoms with Crippen LogP contribution in [-0.2, 0) is 40.8 Å². The van der Waals surface area contributed by atoms with E-state index in [1.165, 1.54) is 6.07 Å². The summed E-state index contributed by atoms with van der Waals surface area (Å²) in [7, 11) is 3.47.